The highest BCUT2D eigenvalue weighted by Gasteiger charge is 2.34. The van der Waals surface area contributed by atoms with E-state index in [1.165, 1.54) is 32.6 Å². The molecule has 2 rings (SSSR count). The molecule has 0 amide bonds. The molecule has 0 unspecified atom stereocenters. The number of hydrogen-bond donors (Lipinski definition) is 1. The minimum absolute atomic E-state index is 0.746. The average molecular weight is 168 g/mol. The summed E-state index contributed by atoms with van der Waals surface area (Å²) in [7, 11) is 0. The van der Waals surface area contributed by atoms with Gasteiger partial charge in [-0.2, -0.15) is 0 Å². The lowest BCUT2D eigenvalue weighted by atomic mass is 9.90. The molecule has 70 valence electrons. The quantitative estimate of drug-likeness (QED) is 0.627. The summed E-state index contributed by atoms with van der Waals surface area (Å²) in [5.41, 5.74) is 0. The van der Waals surface area contributed by atoms with Gasteiger partial charge < -0.3 is 10.2 Å². The highest BCUT2D eigenvalue weighted by Crippen LogP contribution is 2.28. The number of rotatable bonds is 1. The first-order chi connectivity index (χ1) is 5.77. The van der Waals surface area contributed by atoms with Gasteiger partial charge in [0.15, 0.2) is 0 Å². The van der Waals surface area contributed by atoms with Crippen LogP contribution >= 0.6 is 0 Å². The number of hydrogen-bond acceptors (Lipinski definition) is 2. The van der Waals surface area contributed by atoms with Gasteiger partial charge >= 0.3 is 0 Å². The molecular formula is C10H20N2. The van der Waals surface area contributed by atoms with E-state index >= 15 is 0 Å². The van der Waals surface area contributed by atoms with Gasteiger partial charge in [0, 0.05) is 19.1 Å². The third-order valence-corrected chi connectivity index (χ3v) is 3.43. The van der Waals surface area contributed by atoms with Crippen LogP contribution in [-0.4, -0.2) is 37.1 Å². The molecule has 0 radical (unpaired) electrons. The largest absolute Gasteiger partial charge is 0.316 e. The van der Waals surface area contributed by atoms with E-state index in [9.17, 15) is 0 Å². The summed E-state index contributed by atoms with van der Waals surface area (Å²) in [6.07, 6.45) is 1.40. The Labute approximate surface area is 75.3 Å². The Morgan fingerprint density at radius 1 is 1.25 bits per heavy atom. The predicted octanol–water partition coefficient (Wildman–Crippen LogP) is 0.936. The van der Waals surface area contributed by atoms with Crippen molar-refractivity contribution in [1.29, 1.82) is 0 Å². The Balaban J connectivity index is 1.94. The van der Waals surface area contributed by atoms with Crippen LogP contribution in [0.1, 0.15) is 20.3 Å². The molecule has 0 aromatic rings. The fraction of sp³-hybridized carbons (Fsp3) is 1.00. The lowest BCUT2D eigenvalue weighted by molar-refractivity contribution is 0.262. The van der Waals surface area contributed by atoms with Gasteiger partial charge in [0.25, 0.3) is 0 Å². The van der Waals surface area contributed by atoms with E-state index in [-0.39, 0.29) is 0 Å². The summed E-state index contributed by atoms with van der Waals surface area (Å²) >= 11 is 0. The van der Waals surface area contributed by atoms with Gasteiger partial charge in [0.2, 0.25) is 0 Å². The molecule has 0 aliphatic carbocycles. The summed E-state index contributed by atoms with van der Waals surface area (Å²) in [6.45, 7) is 9.80. The van der Waals surface area contributed by atoms with Crippen LogP contribution < -0.4 is 5.32 Å². The van der Waals surface area contributed by atoms with Crippen molar-refractivity contribution in [2.24, 2.45) is 11.8 Å². The second-order valence-corrected chi connectivity index (χ2v) is 4.56. The summed E-state index contributed by atoms with van der Waals surface area (Å²) in [6, 6.07) is 0.746. The topological polar surface area (TPSA) is 15.3 Å². The predicted molar refractivity (Wildman–Crippen MR) is 51.2 cm³/mol. The van der Waals surface area contributed by atoms with Crippen LogP contribution in [0, 0.1) is 11.8 Å². The molecule has 0 saturated carbocycles. The van der Waals surface area contributed by atoms with Crippen LogP contribution in [0.25, 0.3) is 0 Å². The molecule has 2 heterocycles. The molecule has 2 aliphatic rings. The molecule has 12 heavy (non-hydrogen) atoms. The van der Waals surface area contributed by atoms with Crippen molar-refractivity contribution in [3.8, 4) is 0 Å². The van der Waals surface area contributed by atoms with Crippen LogP contribution in [0.15, 0.2) is 0 Å². The molecule has 2 fully saturated rings. The third-order valence-electron chi connectivity index (χ3n) is 3.43. The van der Waals surface area contributed by atoms with Crippen LogP contribution in [0.3, 0.4) is 0 Å². The number of piperidine rings is 1. The highest BCUT2D eigenvalue weighted by atomic mass is 15.2. The fourth-order valence-electron chi connectivity index (χ4n) is 2.53. The van der Waals surface area contributed by atoms with Crippen molar-refractivity contribution in [3.63, 3.8) is 0 Å². The maximum absolute atomic E-state index is 3.49. The number of fused-ring (bicyclic) bond motifs is 1. The minimum atomic E-state index is 0.746. The SMILES string of the molecule is CC(C)N1C[C@H]2CNCC[C@H]2C1. The van der Waals surface area contributed by atoms with E-state index in [1.807, 2.05) is 0 Å². The summed E-state index contributed by atoms with van der Waals surface area (Å²) < 4.78 is 0. The second kappa shape index (κ2) is 3.35. The van der Waals surface area contributed by atoms with E-state index in [0.29, 0.717) is 0 Å². The summed E-state index contributed by atoms with van der Waals surface area (Å²) in [4.78, 5) is 2.63. The van der Waals surface area contributed by atoms with Gasteiger partial charge in [0.1, 0.15) is 0 Å². The van der Waals surface area contributed by atoms with Crippen LogP contribution in [0.4, 0.5) is 0 Å². The van der Waals surface area contributed by atoms with Crippen LogP contribution in [-0.2, 0) is 0 Å². The lowest BCUT2D eigenvalue weighted by Crippen LogP contribution is -2.35. The molecule has 1 N–H and O–H groups in total. The van der Waals surface area contributed by atoms with Crippen molar-refractivity contribution in [3.05, 3.63) is 0 Å². The lowest BCUT2D eigenvalue weighted by Gasteiger charge is -2.24. The fourth-order valence-corrected chi connectivity index (χ4v) is 2.53. The summed E-state index contributed by atoms with van der Waals surface area (Å²) in [5.74, 6) is 1.94. The third kappa shape index (κ3) is 1.50. The van der Waals surface area contributed by atoms with Gasteiger partial charge in [0.05, 0.1) is 0 Å². The summed E-state index contributed by atoms with van der Waals surface area (Å²) in [5, 5.41) is 3.49. The van der Waals surface area contributed by atoms with E-state index < -0.39 is 0 Å². The van der Waals surface area contributed by atoms with Crippen molar-refractivity contribution in [1.82, 2.24) is 10.2 Å². The standard InChI is InChI=1S/C10H20N2/c1-8(2)12-6-9-3-4-11-5-10(9)7-12/h8-11H,3-7H2,1-2H3/t9-,10+/m0/s1. The van der Waals surface area contributed by atoms with E-state index in [4.69, 9.17) is 0 Å². The minimum Gasteiger partial charge on any atom is -0.316 e. The number of likely N-dealkylation sites (tertiary alicyclic amines) is 1. The van der Waals surface area contributed by atoms with Gasteiger partial charge in [-0.05, 0) is 45.2 Å². The second-order valence-electron chi connectivity index (χ2n) is 4.56. The molecule has 0 bridgehead atoms. The molecule has 2 aliphatic heterocycles. The zero-order chi connectivity index (χ0) is 8.55. The first-order valence-corrected chi connectivity index (χ1v) is 5.22. The Morgan fingerprint density at radius 3 is 2.67 bits per heavy atom. The normalized spacial score (nSPS) is 37.2. The van der Waals surface area contributed by atoms with Crippen molar-refractivity contribution >= 4 is 0 Å². The zero-order valence-corrected chi connectivity index (χ0v) is 8.21. The monoisotopic (exact) mass is 168 g/mol. The molecule has 2 atom stereocenters. The van der Waals surface area contributed by atoms with Gasteiger partial charge in [-0.15, -0.1) is 0 Å². The highest BCUT2D eigenvalue weighted by molar-refractivity contribution is 4.89. The molecule has 0 spiro atoms. The number of nitrogens with zero attached hydrogens (tertiary/aromatic N) is 1. The molecule has 2 saturated heterocycles. The first kappa shape index (κ1) is 8.52. The zero-order valence-electron chi connectivity index (χ0n) is 8.21. The molecular weight excluding hydrogens is 148 g/mol. The van der Waals surface area contributed by atoms with E-state index in [0.717, 1.165) is 17.9 Å². The molecule has 2 heteroatoms. The van der Waals surface area contributed by atoms with Crippen LogP contribution in [0.5, 0.6) is 0 Å². The maximum atomic E-state index is 3.49. The first-order valence-electron chi connectivity index (χ1n) is 5.22. The number of nitrogens with one attached hydrogen (secondary N) is 1. The smallest absolute Gasteiger partial charge is 0.00388 e. The van der Waals surface area contributed by atoms with Crippen molar-refractivity contribution < 1.29 is 0 Å². The Bertz CT molecular complexity index is 142. The van der Waals surface area contributed by atoms with Gasteiger partial charge in [-0.3, -0.25) is 0 Å². The van der Waals surface area contributed by atoms with E-state index in [2.05, 4.69) is 24.1 Å². The Hall–Kier alpha value is -0.0800. The Kier molecular flexibility index (Phi) is 2.37. The molecule has 0 aromatic heterocycles. The maximum Gasteiger partial charge on any atom is 0.00388 e. The molecule has 0 aromatic carbocycles. The average Bonchev–Trinajstić information content (AvgIpc) is 2.46. The molecule has 2 nitrogen and oxygen atoms in total. The van der Waals surface area contributed by atoms with Crippen molar-refractivity contribution in [2.45, 2.75) is 26.3 Å². The van der Waals surface area contributed by atoms with E-state index in [1.54, 1.807) is 0 Å². The van der Waals surface area contributed by atoms with Gasteiger partial charge in [-0.25, -0.2) is 0 Å². The van der Waals surface area contributed by atoms with Crippen molar-refractivity contribution in [2.75, 3.05) is 26.2 Å². The Morgan fingerprint density at radius 2 is 2.00 bits per heavy atom. The van der Waals surface area contributed by atoms with Gasteiger partial charge in [-0.1, -0.05) is 0 Å². The van der Waals surface area contributed by atoms with Crippen LogP contribution in [0.2, 0.25) is 0 Å².